The normalized spacial score (nSPS) is 25.0. The molecule has 0 aliphatic heterocycles. The van der Waals surface area contributed by atoms with Crippen LogP contribution in [0.1, 0.15) is 202 Å². The zero-order valence-electron chi connectivity index (χ0n) is 60.5. The standard InChI is InChI=1S/C28H35NO5S.C25H31NO4S.C17H29NO2.C11H7ClO3S/c1-17(30)34-20-11-12-24-21(15-20)22(16-35-24)27(32)29-26-18(13-19-14-23(26)28(19,2)3)9-7-5-6-8-10-25(31)33-4;1-25(2)16-11-15(7-5-3-4-6-8-22(28)29)23(20(25)12-16)26-24(30)19-14-31-21-10-9-17(27)13-18(19)21;1-17(2)13-10-12(16(18)14(17)11-13)8-6-4-5-7-9-15(19)20-3;1-6(13)15-7-2-3-10-8(4-7)9(5-16-10)11(12)14/h5,7,11-12,15-16,18-19,23,26H,6,8-10,13-14H2,1-4H3,(H,29,32);3,5,9-10,13-16,20,23,27H,4,6-8,11-12H2,1-2H3,(H,26,30)(H,28,29);4,6,12-14,16H,5,7-11,18H2,1-3H3;2-5H,1H3/b7-5-;5-3-;6-4-;. The van der Waals surface area contributed by atoms with Crippen LogP contribution in [0.25, 0.3) is 30.3 Å². The van der Waals surface area contributed by atoms with E-state index in [9.17, 15) is 43.5 Å². The van der Waals surface area contributed by atoms with E-state index >= 15 is 0 Å². The second kappa shape index (κ2) is 35.0. The third-order valence-electron chi connectivity index (χ3n) is 23.3. The van der Waals surface area contributed by atoms with Gasteiger partial charge in [-0.15, -0.1) is 34.0 Å². The summed E-state index contributed by atoms with van der Waals surface area (Å²) in [5.41, 5.74) is 9.10. The lowest BCUT2D eigenvalue weighted by Crippen LogP contribution is -2.63. The Bertz CT molecular complexity index is 4080. The highest BCUT2D eigenvalue weighted by Gasteiger charge is 2.59. The maximum Gasteiger partial charge on any atom is 0.308 e. The largest absolute Gasteiger partial charge is 0.508 e. The zero-order valence-corrected chi connectivity index (χ0v) is 63.7. The number of nitrogens with one attached hydrogen (secondary N) is 2. The number of ether oxygens (including phenoxy) is 4. The molecule has 9 saturated carbocycles. The number of hydrogen-bond acceptors (Lipinski definition) is 17. The topological polar surface area (TPSA) is 264 Å². The number of amides is 2. The summed E-state index contributed by atoms with van der Waals surface area (Å²) in [6.07, 6.45) is 29.2. The van der Waals surface area contributed by atoms with Gasteiger partial charge in [0.15, 0.2) is 0 Å². The molecule has 21 heteroatoms. The molecule has 6 N–H and O–H groups in total. The van der Waals surface area contributed by atoms with Crippen molar-refractivity contribution in [2.24, 2.45) is 75.2 Å². The molecule has 12 unspecified atom stereocenters. The molecule has 9 aliphatic carbocycles. The number of allylic oxidation sites excluding steroid dienone is 6. The molecule has 0 saturated heterocycles. The minimum atomic E-state index is -0.750. The van der Waals surface area contributed by atoms with E-state index in [1.165, 1.54) is 81.3 Å². The number of carbonyl (C=O) groups excluding carboxylic acids is 7. The quantitative estimate of drug-likeness (QED) is 0.0117. The number of carbonyl (C=O) groups is 8. The van der Waals surface area contributed by atoms with E-state index < -0.39 is 17.2 Å². The molecule has 15 rings (SSSR count). The van der Waals surface area contributed by atoms with Crippen LogP contribution in [-0.2, 0) is 33.4 Å². The Morgan fingerprint density at radius 1 is 0.520 bits per heavy atom. The van der Waals surface area contributed by atoms with Crippen molar-refractivity contribution in [3.05, 3.63) is 124 Å². The summed E-state index contributed by atoms with van der Waals surface area (Å²) in [6.45, 7) is 16.8. The lowest BCUT2D eigenvalue weighted by atomic mass is 9.44. The molecule has 9 fully saturated rings. The number of halogens is 1. The van der Waals surface area contributed by atoms with E-state index in [0.717, 1.165) is 107 Å². The lowest BCUT2D eigenvalue weighted by molar-refractivity contribution is -0.141. The number of phenols is 1. The van der Waals surface area contributed by atoms with Gasteiger partial charge < -0.3 is 45.5 Å². The number of fused-ring (bicyclic) bond motifs is 9. The van der Waals surface area contributed by atoms with Crippen LogP contribution in [0.5, 0.6) is 17.2 Å². The molecule has 6 bridgehead atoms. The summed E-state index contributed by atoms with van der Waals surface area (Å²) < 4.78 is 22.4. The summed E-state index contributed by atoms with van der Waals surface area (Å²) in [7, 11) is 2.86. The van der Waals surface area contributed by atoms with Gasteiger partial charge in [-0.3, -0.25) is 38.4 Å². The predicted molar refractivity (Wildman–Crippen MR) is 405 cm³/mol. The molecule has 0 spiro atoms. The second-order valence-electron chi connectivity index (χ2n) is 30.4. The highest BCUT2D eigenvalue weighted by atomic mass is 35.5. The molecule has 12 atom stereocenters. The number of nitrogens with two attached hydrogens (primary N) is 1. The smallest absolute Gasteiger partial charge is 0.308 e. The lowest BCUT2D eigenvalue weighted by Gasteiger charge is -2.62. The fraction of sp³-hybridized carbons (Fsp3) is 0.531. The summed E-state index contributed by atoms with van der Waals surface area (Å²) in [5.74, 6) is 4.50. The molecule has 6 aromatic rings. The van der Waals surface area contributed by atoms with Crippen molar-refractivity contribution in [1.82, 2.24) is 10.6 Å². The summed E-state index contributed by atoms with van der Waals surface area (Å²) in [4.78, 5) is 92.9. The van der Waals surface area contributed by atoms with Gasteiger partial charge >= 0.3 is 29.8 Å². The molecular weight excluding hydrogens is 1370 g/mol. The third-order valence-corrected chi connectivity index (χ3v) is 26.4. The molecule has 3 aromatic carbocycles. The summed E-state index contributed by atoms with van der Waals surface area (Å²) >= 11 is 9.91. The number of aromatic hydroxyl groups is 1. The first-order chi connectivity index (χ1) is 48.5. The number of carboxylic acid groups (broad SMARTS) is 1. The van der Waals surface area contributed by atoms with Crippen molar-refractivity contribution in [2.45, 2.75) is 189 Å². The third kappa shape index (κ3) is 19.2. The van der Waals surface area contributed by atoms with Gasteiger partial charge in [-0.25, -0.2) is 0 Å². The summed E-state index contributed by atoms with van der Waals surface area (Å²) in [6, 6.07) is 16.3. The number of thiophene rings is 3. The highest BCUT2D eigenvalue weighted by molar-refractivity contribution is 7.18. The Labute approximate surface area is 616 Å². The molecule has 9 aliphatic rings. The number of benzene rings is 3. The van der Waals surface area contributed by atoms with Crippen molar-refractivity contribution in [3.63, 3.8) is 0 Å². The first-order valence-electron chi connectivity index (χ1n) is 36.0. The van der Waals surface area contributed by atoms with Crippen LogP contribution in [0, 0.1) is 69.5 Å². The highest BCUT2D eigenvalue weighted by Crippen LogP contribution is 2.63. The van der Waals surface area contributed by atoms with Crippen LogP contribution in [-0.4, -0.2) is 89.5 Å². The first kappa shape index (κ1) is 78.9. The van der Waals surface area contributed by atoms with Crippen molar-refractivity contribution in [3.8, 4) is 17.2 Å². The fourth-order valence-corrected chi connectivity index (χ4v) is 19.9. The predicted octanol–water partition coefficient (Wildman–Crippen LogP) is 18.0. The minimum absolute atomic E-state index is 0.0570. The van der Waals surface area contributed by atoms with Crippen LogP contribution < -0.4 is 25.8 Å². The van der Waals surface area contributed by atoms with Gasteiger partial charge in [0.25, 0.3) is 17.1 Å². The molecular formula is C81H102ClN3O14S3. The van der Waals surface area contributed by atoms with Crippen LogP contribution in [0.3, 0.4) is 0 Å². The Hall–Kier alpha value is -7.23. The van der Waals surface area contributed by atoms with Crippen LogP contribution in [0.2, 0.25) is 0 Å². The molecule has 550 valence electrons. The van der Waals surface area contributed by atoms with E-state index in [1.54, 1.807) is 47.8 Å². The molecule has 3 heterocycles. The Morgan fingerprint density at radius 3 is 1.28 bits per heavy atom. The van der Waals surface area contributed by atoms with Gasteiger partial charge in [0.1, 0.15) is 17.2 Å². The van der Waals surface area contributed by atoms with Gasteiger partial charge in [-0.1, -0.05) is 78.0 Å². The van der Waals surface area contributed by atoms with Crippen molar-refractivity contribution in [2.75, 3.05) is 14.2 Å². The zero-order chi connectivity index (χ0) is 73.8. The van der Waals surface area contributed by atoms with Crippen molar-refractivity contribution < 1.29 is 67.5 Å². The van der Waals surface area contributed by atoms with Gasteiger partial charge in [-0.2, -0.15) is 0 Å². The first-order valence-corrected chi connectivity index (χ1v) is 39.0. The Balaban J connectivity index is 0.000000165. The SMILES string of the molecule is CC(=O)Oc1ccc2scc(C(=O)Cl)c2c1.CC1(C)C2CC(C/C=C\CCCC(=O)O)C(NC(=O)c3csc4ccc(O)cc34)C1C2.COC(=O)CCC/C=C\CC1CC2CC(C1N)C2(C)C.COC(=O)CCC/C=C\CC1CC2CC(C1NC(=O)c1csc3ccc(OC(C)=O)cc13)C2(C)C. The Morgan fingerprint density at radius 2 is 0.892 bits per heavy atom. The second-order valence-corrected chi connectivity index (χ2v) is 33.5. The van der Waals surface area contributed by atoms with Crippen LogP contribution in [0.15, 0.2) is 107 Å². The average molecular weight is 1470 g/mol. The van der Waals surface area contributed by atoms with Gasteiger partial charge in [0.2, 0.25) is 0 Å². The molecule has 2 amide bonds. The maximum absolute atomic E-state index is 13.5. The van der Waals surface area contributed by atoms with Crippen molar-refractivity contribution >= 4 is 123 Å². The fourth-order valence-electron chi connectivity index (χ4n) is 16.9. The van der Waals surface area contributed by atoms with Gasteiger partial charge in [-0.05, 0) is 232 Å². The number of esters is 4. The molecule has 3 aromatic heterocycles. The van der Waals surface area contributed by atoms with E-state index in [0.29, 0.717) is 106 Å². The minimum Gasteiger partial charge on any atom is -0.508 e. The number of carboxylic acids is 1. The number of aliphatic carboxylic acids is 1. The summed E-state index contributed by atoms with van der Waals surface area (Å²) in [5, 5.41) is 32.7. The van der Waals surface area contributed by atoms with Crippen LogP contribution >= 0.6 is 45.6 Å². The number of unbranched alkanes of at least 4 members (excludes halogenated alkanes) is 3. The molecule has 0 radical (unpaired) electrons. The Kier molecular flexibility index (Phi) is 27.1. The number of rotatable bonds is 25. The number of methoxy groups -OCH3 is 2. The van der Waals surface area contributed by atoms with E-state index in [1.807, 2.05) is 22.9 Å². The average Bonchev–Trinajstić information content (AvgIpc) is 0.813. The van der Waals surface area contributed by atoms with Crippen LogP contribution in [0.4, 0.5) is 0 Å². The van der Waals surface area contributed by atoms with Gasteiger partial charge in [0, 0.05) is 97.6 Å². The van der Waals surface area contributed by atoms with Crippen molar-refractivity contribution in [1.29, 1.82) is 0 Å². The number of hydrogen-bond donors (Lipinski definition) is 5. The van der Waals surface area contributed by atoms with E-state index in [2.05, 4.69) is 93.4 Å². The maximum atomic E-state index is 13.5. The van der Waals surface area contributed by atoms with E-state index in [4.69, 9.17) is 36.7 Å². The number of phenolic OH excluding ortho intramolecular Hbond substituents is 1. The van der Waals surface area contributed by atoms with E-state index in [-0.39, 0.29) is 64.8 Å². The van der Waals surface area contributed by atoms with Gasteiger partial charge in [0.05, 0.1) is 30.9 Å². The monoisotopic (exact) mass is 1470 g/mol. The molecule has 102 heavy (non-hydrogen) atoms. The molecule has 17 nitrogen and oxygen atoms in total.